The van der Waals surface area contributed by atoms with Gasteiger partial charge in [0.15, 0.2) is 5.75 Å². The molecule has 0 unspecified atom stereocenters. The van der Waals surface area contributed by atoms with Crippen molar-refractivity contribution in [1.29, 1.82) is 0 Å². The van der Waals surface area contributed by atoms with Gasteiger partial charge in [0, 0.05) is 36.7 Å². The van der Waals surface area contributed by atoms with Gasteiger partial charge in [0.1, 0.15) is 11.3 Å². The van der Waals surface area contributed by atoms with Crippen molar-refractivity contribution in [1.82, 2.24) is 20.1 Å². The lowest BCUT2D eigenvalue weighted by atomic mass is 10.1. The molecular weight excluding hydrogens is 396 g/mol. The van der Waals surface area contributed by atoms with Gasteiger partial charge in [-0.1, -0.05) is 0 Å². The number of hydrogen-bond donors (Lipinski definition) is 3. The standard InChI is InChI=1S/C22H26N6O3/c1-4-23-22(30)15-12-24-18(27-21(29)13-6-7-13)10-17(15)26-16-9-8-14-11-25-28(5-2)19(14)20(16)31-3/h8-13H,4-7H2,1-3H3,(H,23,30)(H2,24,26,27,29). The van der Waals surface area contributed by atoms with Gasteiger partial charge >= 0.3 is 0 Å². The van der Waals surface area contributed by atoms with E-state index in [-0.39, 0.29) is 17.7 Å². The zero-order valence-corrected chi connectivity index (χ0v) is 17.9. The minimum absolute atomic E-state index is 0.0462. The summed E-state index contributed by atoms with van der Waals surface area (Å²) in [5.74, 6) is 0.773. The second-order valence-electron chi connectivity index (χ2n) is 7.41. The SMILES string of the molecule is CCNC(=O)c1cnc(NC(=O)C2CC2)cc1Nc1ccc2cnn(CC)c2c1OC. The first-order valence-electron chi connectivity index (χ1n) is 10.4. The Hall–Kier alpha value is -3.62. The van der Waals surface area contributed by atoms with Gasteiger partial charge < -0.3 is 20.7 Å². The van der Waals surface area contributed by atoms with E-state index < -0.39 is 0 Å². The smallest absolute Gasteiger partial charge is 0.254 e. The quantitative estimate of drug-likeness (QED) is 0.514. The lowest BCUT2D eigenvalue weighted by Crippen LogP contribution is -2.24. The summed E-state index contributed by atoms with van der Waals surface area (Å²) in [6, 6.07) is 5.50. The van der Waals surface area contributed by atoms with E-state index in [2.05, 4.69) is 26.0 Å². The number of ether oxygens (including phenoxy) is 1. The lowest BCUT2D eigenvalue weighted by molar-refractivity contribution is -0.117. The predicted molar refractivity (Wildman–Crippen MR) is 119 cm³/mol. The first-order chi connectivity index (χ1) is 15.0. The highest BCUT2D eigenvalue weighted by Crippen LogP contribution is 2.37. The van der Waals surface area contributed by atoms with Crippen LogP contribution < -0.4 is 20.7 Å². The molecule has 1 aliphatic rings. The number of methoxy groups -OCH3 is 1. The molecule has 0 saturated heterocycles. The molecule has 2 amide bonds. The third kappa shape index (κ3) is 4.16. The third-order valence-corrected chi connectivity index (χ3v) is 5.22. The molecule has 1 aliphatic carbocycles. The van der Waals surface area contributed by atoms with Gasteiger partial charge in [-0.3, -0.25) is 14.3 Å². The summed E-state index contributed by atoms with van der Waals surface area (Å²) >= 11 is 0. The molecule has 0 bridgehead atoms. The molecule has 9 nitrogen and oxygen atoms in total. The number of amides is 2. The Morgan fingerprint density at radius 3 is 2.68 bits per heavy atom. The second kappa shape index (κ2) is 8.63. The topological polar surface area (TPSA) is 110 Å². The molecule has 2 heterocycles. The van der Waals surface area contributed by atoms with Crippen LogP contribution in [0.5, 0.6) is 5.75 Å². The molecule has 31 heavy (non-hydrogen) atoms. The van der Waals surface area contributed by atoms with Crippen LogP contribution in [0.4, 0.5) is 17.2 Å². The average Bonchev–Trinajstić information content (AvgIpc) is 3.54. The Balaban J connectivity index is 1.74. The van der Waals surface area contributed by atoms with Gasteiger partial charge in [0.2, 0.25) is 5.91 Å². The Morgan fingerprint density at radius 1 is 1.19 bits per heavy atom. The van der Waals surface area contributed by atoms with E-state index in [1.165, 1.54) is 6.20 Å². The summed E-state index contributed by atoms with van der Waals surface area (Å²) in [6.45, 7) is 5.05. The molecule has 0 aliphatic heterocycles. The number of carbonyl (C=O) groups is 2. The summed E-state index contributed by atoms with van der Waals surface area (Å²) < 4.78 is 7.56. The van der Waals surface area contributed by atoms with E-state index in [1.54, 1.807) is 19.4 Å². The highest BCUT2D eigenvalue weighted by molar-refractivity contribution is 6.02. The maximum Gasteiger partial charge on any atom is 0.254 e. The van der Waals surface area contributed by atoms with Gasteiger partial charge in [-0.2, -0.15) is 5.10 Å². The average molecular weight is 422 g/mol. The Bertz CT molecular complexity index is 1140. The molecule has 3 N–H and O–H groups in total. The van der Waals surface area contributed by atoms with E-state index >= 15 is 0 Å². The summed E-state index contributed by atoms with van der Waals surface area (Å²) in [4.78, 5) is 29.1. The van der Waals surface area contributed by atoms with Crippen LogP contribution in [-0.2, 0) is 11.3 Å². The molecule has 1 fully saturated rings. The molecular formula is C22H26N6O3. The van der Waals surface area contributed by atoms with Crippen LogP contribution in [0, 0.1) is 5.92 Å². The fourth-order valence-electron chi connectivity index (χ4n) is 3.47. The van der Waals surface area contributed by atoms with Crippen LogP contribution >= 0.6 is 0 Å². The van der Waals surface area contributed by atoms with Crippen molar-refractivity contribution in [3.05, 3.63) is 36.2 Å². The van der Waals surface area contributed by atoms with E-state index in [1.807, 2.05) is 30.7 Å². The molecule has 0 atom stereocenters. The maximum atomic E-state index is 12.6. The van der Waals surface area contributed by atoms with E-state index in [0.29, 0.717) is 41.6 Å². The van der Waals surface area contributed by atoms with Crippen molar-refractivity contribution in [3.8, 4) is 5.75 Å². The van der Waals surface area contributed by atoms with Crippen LogP contribution in [0.25, 0.3) is 10.9 Å². The molecule has 1 aromatic carbocycles. The molecule has 1 saturated carbocycles. The van der Waals surface area contributed by atoms with Crippen molar-refractivity contribution >= 4 is 39.9 Å². The summed E-state index contributed by atoms with van der Waals surface area (Å²) in [5.41, 5.74) is 2.44. The monoisotopic (exact) mass is 422 g/mol. The van der Waals surface area contributed by atoms with Gasteiger partial charge in [0.05, 0.1) is 30.2 Å². The highest BCUT2D eigenvalue weighted by atomic mass is 16.5. The number of nitrogens with zero attached hydrogens (tertiary/aromatic N) is 3. The number of carbonyl (C=O) groups excluding carboxylic acids is 2. The van der Waals surface area contributed by atoms with Crippen LogP contribution in [-0.4, -0.2) is 40.2 Å². The fraction of sp³-hybridized carbons (Fsp3) is 0.364. The van der Waals surface area contributed by atoms with Gasteiger partial charge in [-0.25, -0.2) is 4.98 Å². The van der Waals surface area contributed by atoms with E-state index in [0.717, 1.165) is 23.7 Å². The van der Waals surface area contributed by atoms with Crippen molar-refractivity contribution in [3.63, 3.8) is 0 Å². The number of aromatic nitrogens is 3. The maximum absolute atomic E-state index is 12.6. The summed E-state index contributed by atoms with van der Waals surface area (Å²) in [6.07, 6.45) is 5.06. The number of benzene rings is 1. The first-order valence-corrected chi connectivity index (χ1v) is 10.4. The number of nitrogens with one attached hydrogen (secondary N) is 3. The van der Waals surface area contributed by atoms with E-state index in [9.17, 15) is 9.59 Å². The highest BCUT2D eigenvalue weighted by Gasteiger charge is 2.30. The Labute approximate surface area is 180 Å². The zero-order chi connectivity index (χ0) is 22.0. The number of aryl methyl sites for hydroxylation is 1. The number of fused-ring (bicyclic) bond motifs is 1. The number of rotatable bonds is 8. The third-order valence-electron chi connectivity index (χ3n) is 5.22. The van der Waals surface area contributed by atoms with Crippen LogP contribution in [0.3, 0.4) is 0 Å². The molecule has 162 valence electrons. The minimum Gasteiger partial charge on any atom is -0.492 e. The number of anilines is 3. The predicted octanol–water partition coefficient (Wildman–Crippen LogP) is 3.30. The Morgan fingerprint density at radius 2 is 2.00 bits per heavy atom. The summed E-state index contributed by atoms with van der Waals surface area (Å²) in [5, 5.41) is 14.3. The Kier molecular flexibility index (Phi) is 5.75. The van der Waals surface area contributed by atoms with Crippen LogP contribution in [0.2, 0.25) is 0 Å². The molecule has 3 aromatic rings. The summed E-state index contributed by atoms with van der Waals surface area (Å²) in [7, 11) is 1.60. The van der Waals surface area contributed by atoms with Crippen molar-refractivity contribution in [2.24, 2.45) is 5.92 Å². The van der Waals surface area contributed by atoms with Gasteiger partial charge in [0.25, 0.3) is 5.91 Å². The molecule has 0 radical (unpaired) electrons. The minimum atomic E-state index is -0.254. The van der Waals surface area contributed by atoms with Crippen molar-refractivity contribution in [2.75, 3.05) is 24.3 Å². The van der Waals surface area contributed by atoms with Crippen LogP contribution in [0.1, 0.15) is 37.0 Å². The zero-order valence-electron chi connectivity index (χ0n) is 17.9. The largest absolute Gasteiger partial charge is 0.492 e. The molecule has 0 spiro atoms. The normalized spacial score (nSPS) is 13.1. The van der Waals surface area contributed by atoms with Crippen molar-refractivity contribution < 1.29 is 14.3 Å². The van der Waals surface area contributed by atoms with Crippen LogP contribution in [0.15, 0.2) is 30.6 Å². The van der Waals surface area contributed by atoms with Gasteiger partial charge in [-0.05, 0) is 38.8 Å². The van der Waals surface area contributed by atoms with Crippen molar-refractivity contribution in [2.45, 2.75) is 33.2 Å². The first kappa shape index (κ1) is 20.6. The van der Waals surface area contributed by atoms with Gasteiger partial charge in [-0.15, -0.1) is 0 Å². The molecule has 9 heteroatoms. The number of hydrogen-bond acceptors (Lipinski definition) is 6. The molecule has 2 aromatic heterocycles. The second-order valence-corrected chi connectivity index (χ2v) is 7.41. The fourth-order valence-corrected chi connectivity index (χ4v) is 3.47. The lowest BCUT2D eigenvalue weighted by Gasteiger charge is -2.16. The van der Waals surface area contributed by atoms with E-state index in [4.69, 9.17) is 4.74 Å². The molecule has 4 rings (SSSR count). The number of pyridine rings is 1.